The summed E-state index contributed by atoms with van der Waals surface area (Å²) in [7, 11) is 0. The van der Waals surface area contributed by atoms with Gasteiger partial charge in [0.15, 0.2) is 0 Å². The molecule has 0 aliphatic carbocycles. The third kappa shape index (κ3) is 4.67. The largest absolute Gasteiger partial charge is 0.378 e. The van der Waals surface area contributed by atoms with Gasteiger partial charge >= 0.3 is 0 Å². The summed E-state index contributed by atoms with van der Waals surface area (Å²) in [5, 5.41) is 6.79. The van der Waals surface area contributed by atoms with Gasteiger partial charge in [0.1, 0.15) is 5.82 Å². The standard InChI is InChI=1S/C20H27N5O2/c1-15-13-19(21-14-16-5-4-10-27-16)24-20(22-15)23-17-6-2-3-7-18(17)25-8-11-26-12-9-25/h2-3,6-7,13,16H,4-5,8-12,14H2,1H3,(H2,21,22,23,24). The van der Waals surface area contributed by atoms with Gasteiger partial charge in [0.2, 0.25) is 5.95 Å². The van der Waals surface area contributed by atoms with Crippen molar-refractivity contribution in [2.24, 2.45) is 0 Å². The highest BCUT2D eigenvalue weighted by Crippen LogP contribution is 2.28. The summed E-state index contributed by atoms with van der Waals surface area (Å²) < 4.78 is 11.2. The number of rotatable bonds is 6. The quantitative estimate of drug-likeness (QED) is 0.811. The van der Waals surface area contributed by atoms with Gasteiger partial charge in [0.05, 0.1) is 30.7 Å². The van der Waals surface area contributed by atoms with Gasteiger partial charge in [0, 0.05) is 38.0 Å². The Morgan fingerprint density at radius 2 is 2.00 bits per heavy atom. The predicted molar refractivity (Wildman–Crippen MR) is 107 cm³/mol. The van der Waals surface area contributed by atoms with Gasteiger partial charge in [0.25, 0.3) is 0 Å². The van der Waals surface area contributed by atoms with Crippen LogP contribution < -0.4 is 15.5 Å². The fourth-order valence-electron chi connectivity index (χ4n) is 3.52. The number of nitrogens with one attached hydrogen (secondary N) is 2. The van der Waals surface area contributed by atoms with Crippen LogP contribution in [0.5, 0.6) is 0 Å². The molecule has 2 saturated heterocycles. The average Bonchev–Trinajstić information content (AvgIpc) is 3.21. The van der Waals surface area contributed by atoms with Crippen LogP contribution in [0.3, 0.4) is 0 Å². The van der Waals surface area contributed by atoms with E-state index in [2.05, 4.69) is 43.7 Å². The van der Waals surface area contributed by atoms with Crippen LogP contribution in [0.4, 0.5) is 23.1 Å². The summed E-state index contributed by atoms with van der Waals surface area (Å²) in [4.78, 5) is 11.5. The minimum absolute atomic E-state index is 0.277. The van der Waals surface area contributed by atoms with E-state index >= 15 is 0 Å². The monoisotopic (exact) mass is 369 g/mol. The van der Waals surface area contributed by atoms with E-state index in [4.69, 9.17) is 9.47 Å². The number of hydrogen-bond acceptors (Lipinski definition) is 7. The zero-order chi connectivity index (χ0) is 18.5. The molecule has 2 fully saturated rings. The zero-order valence-corrected chi connectivity index (χ0v) is 15.8. The fourth-order valence-corrected chi connectivity index (χ4v) is 3.52. The molecule has 2 N–H and O–H groups in total. The van der Waals surface area contributed by atoms with Gasteiger partial charge < -0.3 is 25.0 Å². The van der Waals surface area contributed by atoms with Crippen molar-refractivity contribution in [2.45, 2.75) is 25.9 Å². The number of hydrogen-bond donors (Lipinski definition) is 2. The minimum atomic E-state index is 0.277. The number of para-hydroxylation sites is 2. The summed E-state index contributed by atoms with van der Waals surface area (Å²) >= 11 is 0. The molecule has 0 saturated carbocycles. The molecule has 0 radical (unpaired) electrons. The van der Waals surface area contributed by atoms with Crippen LogP contribution in [0, 0.1) is 6.92 Å². The highest BCUT2D eigenvalue weighted by atomic mass is 16.5. The second-order valence-corrected chi connectivity index (χ2v) is 6.98. The molecule has 2 aromatic rings. The number of ether oxygens (including phenoxy) is 2. The van der Waals surface area contributed by atoms with Crippen LogP contribution in [0.25, 0.3) is 0 Å². The third-order valence-electron chi connectivity index (χ3n) is 4.89. The van der Waals surface area contributed by atoms with Crippen molar-refractivity contribution < 1.29 is 9.47 Å². The first-order valence-corrected chi connectivity index (χ1v) is 9.68. The molecule has 1 unspecified atom stereocenters. The summed E-state index contributed by atoms with van der Waals surface area (Å²) in [6.45, 7) is 6.92. The van der Waals surface area contributed by atoms with E-state index in [9.17, 15) is 0 Å². The van der Waals surface area contributed by atoms with E-state index < -0.39 is 0 Å². The lowest BCUT2D eigenvalue weighted by molar-refractivity contribution is 0.120. The van der Waals surface area contributed by atoms with Crippen LogP contribution >= 0.6 is 0 Å². The molecule has 2 aliphatic heterocycles. The van der Waals surface area contributed by atoms with E-state index in [1.807, 2.05) is 19.1 Å². The van der Waals surface area contributed by atoms with Crippen molar-refractivity contribution in [2.75, 3.05) is 55.0 Å². The smallest absolute Gasteiger partial charge is 0.229 e. The first-order valence-electron chi connectivity index (χ1n) is 9.68. The topological polar surface area (TPSA) is 71.5 Å². The zero-order valence-electron chi connectivity index (χ0n) is 15.8. The van der Waals surface area contributed by atoms with E-state index in [0.29, 0.717) is 5.95 Å². The minimum Gasteiger partial charge on any atom is -0.378 e. The molecule has 144 valence electrons. The molecule has 7 nitrogen and oxygen atoms in total. The lowest BCUT2D eigenvalue weighted by Gasteiger charge is -2.30. The first-order chi connectivity index (χ1) is 13.3. The number of aromatic nitrogens is 2. The van der Waals surface area contributed by atoms with Crippen molar-refractivity contribution >= 4 is 23.1 Å². The summed E-state index contributed by atoms with van der Waals surface area (Å²) in [6.07, 6.45) is 2.52. The van der Waals surface area contributed by atoms with E-state index in [-0.39, 0.29) is 6.10 Å². The molecular formula is C20H27N5O2. The van der Waals surface area contributed by atoms with Crippen molar-refractivity contribution in [3.63, 3.8) is 0 Å². The maximum Gasteiger partial charge on any atom is 0.229 e. The molecule has 0 bridgehead atoms. The van der Waals surface area contributed by atoms with E-state index in [1.165, 1.54) is 0 Å². The SMILES string of the molecule is Cc1cc(NCC2CCCO2)nc(Nc2ccccc2N2CCOCC2)n1. The number of nitrogens with zero attached hydrogens (tertiary/aromatic N) is 3. The van der Waals surface area contributed by atoms with E-state index in [1.54, 1.807) is 0 Å². The summed E-state index contributed by atoms with van der Waals surface area (Å²) in [6, 6.07) is 10.2. The summed E-state index contributed by atoms with van der Waals surface area (Å²) in [5.41, 5.74) is 3.08. The second-order valence-electron chi connectivity index (χ2n) is 6.98. The third-order valence-corrected chi connectivity index (χ3v) is 4.89. The van der Waals surface area contributed by atoms with Crippen molar-refractivity contribution in [3.8, 4) is 0 Å². The molecule has 1 aromatic carbocycles. The average molecular weight is 369 g/mol. The molecule has 0 spiro atoms. The van der Waals surface area contributed by atoms with Gasteiger partial charge in [-0.2, -0.15) is 4.98 Å². The highest BCUT2D eigenvalue weighted by Gasteiger charge is 2.17. The Kier molecular flexibility index (Phi) is 5.69. The molecule has 1 aromatic heterocycles. The molecule has 27 heavy (non-hydrogen) atoms. The van der Waals surface area contributed by atoms with Crippen molar-refractivity contribution in [1.82, 2.24) is 9.97 Å². The van der Waals surface area contributed by atoms with Gasteiger partial charge in [-0.25, -0.2) is 4.98 Å². The molecule has 4 rings (SSSR count). The van der Waals surface area contributed by atoms with Crippen LogP contribution in [0.15, 0.2) is 30.3 Å². The Morgan fingerprint density at radius 3 is 2.81 bits per heavy atom. The molecule has 2 aliphatic rings. The van der Waals surface area contributed by atoms with Crippen LogP contribution in [0.1, 0.15) is 18.5 Å². The number of benzene rings is 1. The maximum atomic E-state index is 5.68. The normalized spacial score (nSPS) is 19.9. The summed E-state index contributed by atoms with van der Waals surface area (Å²) in [5.74, 6) is 1.43. The van der Waals surface area contributed by atoms with E-state index in [0.717, 1.165) is 75.2 Å². The lowest BCUT2D eigenvalue weighted by atomic mass is 10.2. The fraction of sp³-hybridized carbons (Fsp3) is 0.500. The van der Waals surface area contributed by atoms with Crippen LogP contribution in [-0.4, -0.2) is 55.5 Å². The van der Waals surface area contributed by atoms with Gasteiger partial charge in [-0.3, -0.25) is 0 Å². The molecule has 1 atom stereocenters. The molecular weight excluding hydrogens is 342 g/mol. The number of anilines is 4. The Morgan fingerprint density at radius 1 is 1.15 bits per heavy atom. The lowest BCUT2D eigenvalue weighted by Crippen LogP contribution is -2.36. The Labute approximate surface area is 160 Å². The highest BCUT2D eigenvalue weighted by molar-refractivity contribution is 5.73. The number of aryl methyl sites for hydroxylation is 1. The van der Waals surface area contributed by atoms with Gasteiger partial charge in [-0.1, -0.05) is 12.1 Å². The predicted octanol–water partition coefficient (Wildman–Crippen LogP) is 2.96. The van der Waals surface area contributed by atoms with Gasteiger partial charge in [-0.05, 0) is 31.9 Å². The molecule has 7 heteroatoms. The van der Waals surface area contributed by atoms with Crippen LogP contribution in [-0.2, 0) is 9.47 Å². The Balaban J connectivity index is 1.49. The van der Waals surface area contributed by atoms with Crippen molar-refractivity contribution in [1.29, 1.82) is 0 Å². The maximum absolute atomic E-state index is 5.68. The first kappa shape index (κ1) is 18.0. The number of morpholine rings is 1. The molecule has 0 amide bonds. The Hall–Kier alpha value is -2.38. The second kappa shape index (κ2) is 8.54. The van der Waals surface area contributed by atoms with Crippen molar-refractivity contribution in [3.05, 3.63) is 36.0 Å². The Bertz CT molecular complexity index is 758. The molecule has 3 heterocycles. The van der Waals surface area contributed by atoms with Crippen LogP contribution in [0.2, 0.25) is 0 Å². The van der Waals surface area contributed by atoms with Gasteiger partial charge in [-0.15, -0.1) is 0 Å².